The number of thiocarbonyl (C=S) groups is 1. The second-order valence-corrected chi connectivity index (χ2v) is 3.90. The van der Waals surface area contributed by atoms with Crippen LogP contribution in [0.4, 0.5) is 0 Å². The van der Waals surface area contributed by atoms with Gasteiger partial charge >= 0.3 is 0 Å². The molecule has 16 heavy (non-hydrogen) atoms. The molecule has 0 amide bonds. The van der Waals surface area contributed by atoms with E-state index in [1.807, 2.05) is 12.1 Å². The van der Waals surface area contributed by atoms with Crippen LogP contribution >= 0.6 is 12.2 Å². The van der Waals surface area contributed by atoms with E-state index in [4.69, 9.17) is 22.7 Å². The second-order valence-electron chi connectivity index (χ2n) is 3.53. The first kappa shape index (κ1) is 12.9. The molecule has 0 aliphatic heterocycles. The molecule has 0 fully saturated rings. The van der Waals surface area contributed by atoms with Crippen molar-refractivity contribution >= 4 is 17.4 Å². The van der Waals surface area contributed by atoms with Crippen LogP contribution in [-0.4, -0.2) is 18.8 Å². The fourth-order valence-corrected chi connectivity index (χ4v) is 1.45. The molecule has 0 atom stereocenters. The third kappa shape index (κ3) is 4.59. The number of hydrogen-bond acceptors (Lipinski definition) is 3. The standard InChI is InChI=1S/C12H18N2OS/c1-14-12(16)15-11-7-5-10(6-8-11)4-2-3-9-13/h5-8H,2-4,9,13H2,1H3,(H,14,16). The van der Waals surface area contributed by atoms with Crippen LogP contribution in [0.5, 0.6) is 5.75 Å². The van der Waals surface area contributed by atoms with Crippen molar-refractivity contribution in [2.24, 2.45) is 5.73 Å². The molecule has 1 aromatic rings. The van der Waals surface area contributed by atoms with Crippen LogP contribution in [-0.2, 0) is 6.42 Å². The smallest absolute Gasteiger partial charge is 0.261 e. The highest BCUT2D eigenvalue weighted by molar-refractivity contribution is 7.80. The van der Waals surface area contributed by atoms with Gasteiger partial charge in [-0.25, -0.2) is 0 Å². The summed E-state index contributed by atoms with van der Waals surface area (Å²) in [5.74, 6) is 0.766. The van der Waals surface area contributed by atoms with Crippen LogP contribution < -0.4 is 15.8 Å². The molecule has 0 spiro atoms. The van der Waals surface area contributed by atoms with Crippen molar-refractivity contribution in [1.29, 1.82) is 0 Å². The number of ether oxygens (including phenoxy) is 1. The van der Waals surface area contributed by atoms with Crippen molar-refractivity contribution in [2.75, 3.05) is 13.6 Å². The predicted molar refractivity (Wildman–Crippen MR) is 70.7 cm³/mol. The zero-order valence-electron chi connectivity index (χ0n) is 9.53. The lowest BCUT2D eigenvalue weighted by Crippen LogP contribution is -2.21. The number of aryl methyl sites for hydroxylation is 1. The Morgan fingerprint density at radius 3 is 2.56 bits per heavy atom. The van der Waals surface area contributed by atoms with Crippen LogP contribution in [0.3, 0.4) is 0 Å². The average molecular weight is 238 g/mol. The van der Waals surface area contributed by atoms with Crippen molar-refractivity contribution < 1.29 is 4.74 Å². The first-order valence-corrected chi connectivity index (χ1v) is 5.85. The van der Waals surface area contributed by atoms with Gasteiger partial charge in [-0.3, -0.25) is 0 Å². The topological polar surface area (TPSA) is 47.3 Å². The summed E-state index contributed by atoms with van der Waals surface area (Å²) in [5, 5.41) is 3.15. The van der Waals surface area contributed by atoms with Gasteiger partial charge in [0.05, 0.1) is 0 Å². The fourth-order valence-electron chi connectivity index (χ4n) is 1.36. The Morgan fingerprint density at radius 2 is 2.00 bits per heavy atom. The van der Waals surface area contributed by atoms with Crippen LogP contribution in [0, 0.1) is 0 Å². The molecule has 3 N–H and O–H groups in total. The maximum absolute atomic E-state index is 5.45. The van der Waals surface area contributed by atoms with Crippen LogP contribution in [0.2, 0.25) is 0 Å². The van der Waals surface area contributed by atoms with Gasteiger partial charge in [0, 0.05) is 7.05 Å². The Labute approximate surface area is 102 Å². The van der Waals surface area contributed by atoms with Crippen LogP contribution in [0.15, 0.2) is 24.3 Å². The molecule has 0 aliphatic carbocycles. The Hall–Kier alpha value is -1.13. The molecule has 0 heterocycles. The Kier molecular flexibility index (Phi) is 5.82. The van der Waals surface area contributed by atoms with E-state index in [-0.39, 0.29) is 0 Å². The molecule has 1 aromatic carbocycles. The Balaban J connectivity index is 2.44. The molecule has 3 nitrogen and oxygen atoms in total. The van der Waals surface area contributed by atoms with Crippen LogP contribution in [0.25, 0.3) is 0 Å². The van der Waals surface area contributed by atoms with Gasteiger partial charge < -0.3 is 15.8 Å². The molecule has 0 bridgehead atoms. The molecule has 4 heteroatoms. The van der Waals surface area contributed by atoms with E-state index < -0.39 is 0 Å². The Bertz CT molecular complexity index is 324. The molecule has 0 saturated heterocycles. The highest BCUT2D eigenvalue weighted by Gasteiger charge is 1.98. The number of hydrogen-bond donors (Lipinski definition) is 2. The van der Waals surface area contributed by atoms with E-state index in [2.05, 4.69) is 17.4 Å². The van der Waals surface area contributed by atoms with E-state index in [1.165, 1.54) is 5.56 Å². The maximum atomic E-state index is 5.45. The first-order valence-electron chi connectivity index (χ1n) is 5.45. The van der Waals surface area contributed by atoms with E-state index in [9.17, 15) is 0 Å². The van der Waals surface area contributed by atoms with Crippen LogP contribution in [0.1, 0.15) is 18.4 Å². The van der Waals surface area contributed by atoms with Crippen molar-refractivity contribution in [1.82, 2.24) is 5.32 Å². The number of rotatable bonds is 5. The highest BCUT2D eigenvalue weighted by atomic mass is 32.1. The minimum atomic E-state index is 0.385. The maximum Gasteiger partial charge on any atom is 0.261 e. The van der Waals surface area contributed by atoms with Gasteiger partial charge in [-0.2, -0.15) is 0 Å². The summed E-state index contributed by atoms with van der Waals surface area (Å²) in [6.07, 6.45) is 3.27. The molecular formula is C12H18N2OS. The first-order chi connectivity index (χ1) is 7.76. The van der Waals surface area contributed by atoms with E-state index in [0.717, 1.165) is 31.6 Å². The molecule has 88 valence electrons. The molecule has 0 aliphatic rings. The molecule has 1 rings (SSSR count). The zero-order chi connectivity index (χ0) is 11.8. The summed E-state index contributed by atoms with van der Waals surface area (Å²) in [4.78, 5) is 0. The van der Waals surface area contributed by atoms with Gasteiger partial charge in [0.15, 0.2) is 0 Å². The van der Waals surface area contributed by atoms with Crippen molar-refractivity contribution in [3.8, 4) is 5.75 Å². The molecule has 0 aromatic heterocycles. The lowest BCUT2D eigenvalue weighted by atomic mass is 10.1. The van der Waals surface area contributed by atoms with E-state index in [1.54, 1.807) is 7.05 Å². The quantitative estimate of drug-likeness (QED) is 0.607. The number of unbranched alkanes of at least 4 members (excludes halogenated alkanes) is 1. The fraction of sp³-hybridized carbons (Fsp3) is 0.417. The van der Waals surface area contributed by atoms with Crippen molar-refractivity contribution in [3.05, 3.63) is 29.8 Å². The molecule has 0 radical (unpaired) electrons. The Morgan fingerprint density at radius 1 is 1.31 bits per heavy atom. The van der Waals surface area contributed by atoms with Gasteiger partial charge in [0.25, 0.3) is 5.17 Å². The third-order valence-corrected chi connectivity index (χ3v) is 2.55. The summed E-state index contributed by atoms with van der Waals surface area (Å²) in [6, 6.07) is 7.98. The van der Waals surface area contributed by atoms with Crippen molar-refractivity contribution in [2.45, 2.75) is 19.3 Å². The molecule has 0 saturated carbocycles. The van der Waals surface area contributed by atoms with Crippen molar-refractivity contribution in [3.63, 3.8) is 0 Å². The zero-order valence-corrected chi connectivity index (χ0v) is 10.3. The summed E-state index contributed by atoms with van der Waals surface area (Å²) in [5.41, 5.74) is 6.75. The van der Waals surface area contributed by atoms with Gasteiger partial charge in [-0.05, 0) is 55.7 Å². The highest BCUT2D eigenvalue weighted by Crippen LogP contribution is 2.13. The van der Waals surface area contributed by atoms with Gasteiger partial charge in [-0.15, -0.1) is 0 Å². The average Bonchev–Trinajstić information content (AvgIpc) is 2.31. The lowest BCUT2D eigenvalue weighted by Gasteiger charge is -2.06. The SMILES string of the molecule is CNC(=S)Oc1ccc(CCCCN)cc1. The van der Waals surface area contributed by atoms with Gasteiger partial charge in [-0.1, -0.05) is 12.1 Å². The van der Waals surface area contributed by atoms with E-state index >= 15 is 0 Å². The number of nitrogens with two attached hydrogens (primary N) is 1. The van der Waals surface area contributed by atoms with Gasteiger partial charge in [0.2, 0.25) is 0 Å². The number of nitrogens with one attached hydrogen (secondary N) is 1. The predicted octanol–water partition coefficient (Wildman–Crippen LogP) is 1.85. The minimum Gasteiger partial charge on any atom is -0.432 e. The molecular weight excluding hydrogens is 220 g/mol. The summed E-state index contributed by atoms with van der Waals surface area (Å²) in [6.45, 7) is 0.762. The monoisotopic (exact) mass is 238 g/mol. The minimum absolute atomic E-state index is 0.385. The van der Waals surface area contributed by atoms with Gasteiger partial charge in [0.1, 0.15) is 5.75 Å². The molecule has 0 unspecified atom stereocenters. The third-order valence-electron chi connectivity index (χ3n) is 2.26. The summed E-state index contributed by atoms with van der Waals surface area (Å²) in [7, 11) is 1.74. The largest absolute Gasteiger partial charge is 0.432 e. The summed E-state index contributed by atoms with van der Waals surface area (Å²) >= 11 is 4.91. The second kappa shape index (κ2) is 7.19. The lowest BCUT2D eigenvalue weighted by molar-refractivity contribution is 0.541. The summed E-state index contributed by atoms with van der Waals surface area (Å²) < 4.78 is 5.34. The normalized spacial score (nSPS) is 9.88. The number of benzene rings is 1. The van der Waals surface area contributed by atoms with E-state index in [0.29, 0.717) is 5.17 Å².